The summed E-state index contributed by atoms with van der Waals surface area (Å²) in [6.45, 7) is 2.09. The molecule has 2 N–H and O–H groups in total. The number of nitrogens with zero attached hydrogens (tertiary/aromatic N) is 1. The molecule has 1 aromatic rings. The van der Waals surface area contributed by atoms with E-state index in [1.165, 1.54) is 37.0 Å². The van der Waals surface area contributed by atoms with Crippen molar-refractivity contribution in [3.8, 4) is 0 Å². The molecule has 1 heterocycles. The van der Waals surface area contributed by atoms with Crippen LogP contribution in [0.15, 0.2) is 17.2 Å². The fraction of sp³-hybridized carbons (Fsp3) is 0.538. The number of nitrogens with one attached hydrogen (secondary N) is 2. The van der Waals surface area contributed by atoms with E-state index in [0.29, 0.717) is 11.2 Å². The molecule has 0 aliphatic heterocycles. The molecule has 98 valence electrons. The van der Waals surface area contributed by atoms with Crippen LogP contribution in [0.4, 0.5) is 0 Å². The number of hydrazone groups is 1. The van der Waals surface area contributed by atoms with Gasteiger partial charge in [0.15, 0.2) is 5.11 Å². The molecule has 1 aliphatic rings. The van der Waals surface area contributed by atoms with Crippen molar-refractivity contribution in [1.29, 1.82) is 0 Å². The molecule has 0 atom stereocenters. The predicted molar refractivity (Wildman–Crippen MR) is 82.4 cm³/mol. The Morgan fingerprint density at radius 2 is 2.17 bits per heavy atom. The molecule has 0 radical (unpaired) electrons. The molecule has 0 unspecified atom stereocenters. The van der Waals surface area contributed by atoms with E-state index in [1.807, 2.05) is 6.21 Å². The summed E-state index contributed by atoms with van der Waals surface area (Å²) in [6, 6.07) is 4.67. The summed E-state index contributed by atoms with van der Waals surface area (Å²) in [7, 11) is 0. The molecular formula is C13H19N3S2. The predicted octanol–water partition coefficient (Wildman–Crippen LogP) is 3.19. The van der Waals surface area contributed by atoms with Crippen LogP contribution in [0.1, 0.15) is 41.9 Å². The van der Waals surface area contributed by atoms with Crippen LogP contribution < -0.4 is 10.7 Å². The highest BCUT2D eigenvalue weighted by molar-refractivity contribution is 7.80. The second-order valence-corrected chi connectivity index (χ2v) is 6.35. The van der Waals surface area contributed by atoms with Crippen molar-refractivity contribution in [2.45, 2.75) is 45.1 Å². The second kappa shape index (κ2) is 6.85. The fourth-order valence-electron chi connectivity index (χ4n) is 2.14. The summed E-state index contributed by atoms with van der Waals surface area (Å²) in [5, 5.41) is 8.10. The van der Waals surface area contributed by atoms with Gasteiger partial charge in [0.25, 0.3) is 0 Å². The van der Waals surface area contributed by atoms with Crippen LogP contribution in [0.25, 0.3) is 0 Å². The highest BCUT2D eigenvalue weighted by Crippen LogP contribution is 2.17. The van der Waals surface area contributed by atoms with E-state index in [2.05, 4.69) is 34.9 Å². The van der Waals surface area contributed by atoms with Crippen molar-refractivity contribution in [3.63, 3.8) is 0 Å². The van der Waals surface area contributed by atoms with Crippen LogP contribution >= 0.6 is 23.6 Å². The van der Waals surface area contributed by atoms with Gasteiger partial charge in [-0.1, -0.05) is 19.3 Å². The second-order valence-electron chi connectivity index (χ2n) is 4.63. The van der Waals surface area contributed by atoms with E-state index in [1.54, 1.807) is 11.3 Å². The summed E-state index contributed by atoms with van der Waals surface area (Å²) in [4.78, 5) is 2.43. The number of rotatable bonds is 3. The van der Waals surface area contributed by atoms with Gasteiger partial charge in [-0.05, 0) is 44.1 Å². The monoisotopic (exact) mass is 281 g/mol. The first kappa shape index (κ1) is 13.5. The molecule has 3 nitrogen and oxygen atoms in total. The van der Waals surface area contributed by atoms with Crippen molar-refractivity contribution in [1.82, 2.24) is 10.7 Å². The Bertz CT molecular complexity index is 420. The third-order valence-corrected chi connectivity index (χ3v) is 4.20. The summed E-state index contributed by atoms with van der Waals surface area (Å²) in [6.07, 6.45) is 8.21. The summed E-state index contributed by atoms with van der Waals surface area (Å²) >= 11 is 6.94. The van der Waals surface area contributed by atoms with Gasteiger partial charge in [0, 0.05) is 15.8 Å². The highest BCUT2D eigenvalue weighted by Gasteiger charge is 2.13. The Labute approximate surface area is 118 Å². The lowest BCUT2D eigenvalue weighted by molar-refractivity contribution is 0.412. The molecule has 0 spiro atoms. The zero-order chi connectivity index (χ0) is 12.8. The third kappa shape index (κ3) is 4.38. The molecule has 18 heavy (non-hydrogen) atoms. The standard InChI is InChI=1S/C13H19N3S2/c1-10-7-8-12(18-10)9-14-16-13(17)15-11-5-3-2-4-6-11/h7-9,11H,2-6H2,1H3,(H2,15,16,17)/b14-9-. The zero-order valence-corrected chi connectivity index (χ0v) is 12.2. The number of thiocarbonyl (C=S) groups is 1. The molecule has 1 saturated carbocycles. The van der Waals surface area contributed by atoms with Gasteiger partial charge in [-0.2, -0.15) is 5.10 Å². The number of aryl methyl sites for hydroxylation is 1. The van der Waals surface area contributed by atoms with Crippen molar-refractivity contribution in [2.75, 3.05) is 0 Å². The minimum Gasteiger partial charge on any atom is -0.359 e. The van der Waals surface area contributed by atoms with E-state index < -0.39 is 0 Å². The van der Waals surface area contributed by atoms with Crippen LogP contribution in [-0.4, -0.2) is 17.4 Å². The maximum Gasteiger partial charge on any atom is 0.187 e. The van der Waals surface area contributed by atoms with Crippen molar-refractivity contribution >= 4 is 34.9 Å². The van der Waals surface area contributed by atoms with Gasteiger partial charge in [-0.3, -0.25) is 5.43 Å². The van der Waals surface area contributed by atoms with Crippen LogP contribution in [0.3, 0.4) is 0 Å². The molecule has 1 aliphatic carbocycles. The van der Waals surface area contributed by atoms with Crippen LogP contribution in [0, 0.1) is 6.92 Å². The molecule has 0 aromatic carbocycles. The summed E-state index contributed by atoms with van der Waals surface area (Å²) < 4.78 is 0. The van der Waals surface area contributed by atoms with Gasteiger partial charge in [0.2, 0.25) is 0 Å². The zero-order valence-electron chi connectivity index (χ0n) is 10.6. The maximum atomic E-state index is 5.22. The lowest BCUT2D eigenvalue weighted by Gasteiger charge is -2.23. The van der Waals surface area contributed by atoms with Crippen molar-refractivity contribution in [3.05, 3.63) is 21.9 Å². The Hall–Kier alpha value is -0.940. The first-order chi connectivity index (χ1) is 8.74. The van der Waals surface area contributed by atoms with Crippen molar-refractivity contribution in [2.24, 2.45) is 5.10 Å². The lowest BCUT2D eigenvalue weighted by Crippen LogP contribution is -2.40. The van der Waals surface area contributed by atoms with E-state index >= 15 is 0 Å². The number of hydrogen-bond acceptors (Lipinski definition) is 3. The minimum absolute atomic E-state index is 0.526. The summed E-state index contributed by atoms with van der Waals surface area (Å²) in [5.41, 5.74) is 2.88. The largest absolute Gasteiger partial charge is 0.359 e. The van der Waals surface area contributed by atoms with E-state index in [0.717, 1.165) is 4.88 Å². The average Bonchev–Trinajstić information content (AvgIpc) is 2.76. The Balaban J connectivity index is 1.72. The fourth-order valence-corrected chi connectivity index (χ4v) is 3.11. The minimum atomic E-state index is 0.526. The Morgan fingerprint density at radius 3 is 2.83 bits per heavy atom. The molecule has 2 rings (SSSR count). The highest BCUT2D eigenvalue weighted by atomic mass is 32.1. The van der Waals surface area contributed by atoms with Gasteiger partial charge in [0.1, 0.15) is 0 Å². The lowest BCUT2D eigenvalue weighted by atomic mass is 9.96. The van der Waals surface area contributed by atoms with E-state index in [4.69, 9.17) is 12.2 Å². The number of thiophene rings is 1. The molecule has 1 aromatic heterocycles. The van der Waals surface area contributed by atoms with Crippen molar-refractivity contribution < 1.29 is 0 Å². The average molecular weight is 281 g/mol. The van der Waals surface area contributed by atoms with Crippen LogP contribution in [-0.2, 0) is 0 Å². The molecule has 0 amide bonds. The van der Waals surface area contributed by atoms with Crippen LogP contribution in [0.5, 0.6) is 0 Å². The maximum absolute atomic E-state index is 5.22. The van der Waals surface area contributed by atoms with E-state index in [9.17, 15) is 0 Å². The Kier molecular flexibility index (Phi) is 5.13. The first-order valence-electron chi connectivity index (χ1n) is 6.40. The number of hydrogen-bond donors (Lipinski definition) is 2. The van der Waals surface area contributed by atoms with Gasteiger partial charge in [-0.25, -0.2) is 0 Å². The van der Waals surface area contributed by atoms with Gasteiger partial charge < -0.3 is 5.32 Å². The quantitative estimate of drug-likeness (QED) is 0.507. The Morgan fingerprint density at radius 1 is 1.39 bits per heavy atom. The molecule has 0 bridgehead atoms. The first-order valence-corrected chi connectivity index (χ1v) is 7.62. The third-order valence-electron chi connectivity index (χ3n) is 3.06. The normalized spacial score (nSPS) is 16.9. The molecule has 0 saturated heterocycles. The van der Waals surface area contributed by atoms with Crippen LogP contribution in [0.2, 0.25) is 0 Å². The summed E-state index contributed by atoms with van der Waals surface area (Å²) in [5.74, 6) is 0. The molecule has 1 fully saturated rings. The van der Waals surface area contributed by atoms with Gasteiger partial charge >= 0.3 is 0 Å². The van der Waals surface area contributed by atoms with Gasteiger partial charge in [-0.15, -0.1) is 11.3 Å². The van der Waals surface area contributed by atoms with E-state index in [-0.39, 0.29) is 0 Å². The van der Waals surface area contributed by atoms with Gasteiger partial charge in [0.05, 0.1) is 6.21 Å². The smallest absolute Gasteiger partial charge is 0.187 e. The topological polar surface area (TPSA) is 36.4 Å². The molecular weight excluding hydrogens is 262 g/mol. The molecule has 5 heteroatoms. The SMILES string of the molecule is Cc1ccc(/C=N\NC(=S)NC2CCCCC2)s1.